The number of H-pyrrole nitrogens is 1. The summed E-state index contributed by atoms with van der Waals surface area (Å²) in [6.45, 7) is 8.33. The van der Waals surface area contributed by atoms with Gasteiger partial charge in [0.25, 0.3) is 5.56 Å². The molecule has 0 spiro atoms. The van der Waals surface area contributed by atoms with Crippen LogP contribution in [0, 0.1) is 19.8 Å². The summed E-state index contributed by atoms with van der Waals surface area (Å²) in [7, 11) is 0. The normalized spacial score (nSPS) is 11.0. The van der Waals surface area contributed by atoms with E-state index in [-0.39, 0.29) is 5.56 Å². The Hall–Kier alpha value is -1.90. The molecule has 0 aliphatic heterocycles. The van der Waals surface area contributed by atoms with E-state index in [4.69, 9.17) is 0 Å². The smallest absolute Gasteiger partial charge is 0.251 e. The third-order valence-corrected chi connectivity index (χ3v) is 3.13. The summed E-state index contributed by atoms with van der Waals surface area (Å²) in [6, 6.07) is 7.69. The van der Waals surface area contributed by atoms with Crippen LogP contribution in [0.4, 0.5) is 0 Å². The standard InChI is InChI=1S/C16H20N2O/c1-10(2)8-13-9-14(19)18-16(17-13)15-11(3)6-5-7-12(15)4/h5-7,9-10H,8H2,1-4H3,(H,17,18,19). The lowest BCUT2D eigenvalue weighted by Gasteiger charge is -2.10. The number of hydrogen-bond donors (Lipinski definition) is 1. The lowest BCUT2D eigenvalue weighted by Crippen LogP contribution is -2.12. The Morgan fingerprint density at radius 2 is 1.84 bits per heavy atom. The molecule has 0 atom stereocenters. The van der Waals surface area contributed by atoms with E-state index in [1.165, 1.54) is 0 Å². The topological polar surface area (TPSA) is 45.8 Å². The van der Waals surface area contributed by atoms with Crippen LogP contribution in [-0.2, 0) is 6.42 Å². The molecule has 0 radical (unpaired) electrons. The average molecular weight is 256 g/mol. The number of benzene rings is 1. The van der Waals surface area contributed by atoms with Crippen LogP contribution < -0.4 is 5.56 Å². The van der Waals surface area contributed by atoms with Crippen molar-refractivity contribution >= 4 is 0 Å². The summed E-state index contributed by atoms with van der Waals surface area (Å²) >= 11 is 0. The van der Waals surface area contributed by atoms with Gasteiger partial charge in [-0.15, -0.1) is 0 Å². The van der Waals surface area contributed by atoms with Gasteiger partial charge < -0.3 is 4.98 Å². The van der Waals surface area contributed by atoms with Crippen molar-refractivity contribution in [3.05, 3.63) is 51.4 Å². The first-order chi connectivity index (χ1) is 8.97. The average Bonchev–Trinajstić information content (AvgIpc) is 2.26. The van der Waals surface area contributed by atoms with Crippen LogP contribution in [0.1, 0.15) is 30.7 Å². The first-order valence-corrected chi connectivity index (χ1v) is 6.64. The van der Waals surface area contributed by atoms with Crippen LogP contribution in [0.5, 0.6) is 0 Å². The molecule has 19 heavy (non-hydrogen) atoms. The van der Waals surface area contributed by atoms with E-state index in [1.54, 1.807) is 6.07 Å². The van der Waals surface area contributed by atoms with Crippen LogP contribution in [-0.4, -0.2) is 9.97 Å². The van der Waals surface area contributed by atoms with Gasteiger partial charge in [-0.2, -0.15) is 0 Å². The number of aromatic amines is 1. The van der Waals surface area contributed by atoms with Gasteiger partial charge in [-0.1, -0.05) is 32.0 Å². The summed E-state index contributed by atoms with van der Waals surface area (Å²) < 4.78 is 0. The van der Waals surface area contributed by atoms with Crippen LogP contribution in [0.2, 0.25) is 0 Å². The van der Waals surface area contributed by atoms with Gasteiger partial charge in [-0.3, -0.25) is 4.79 Å². The fraction of sp³-hybridized carbons (Fsp3) is 0.375. The Kier molecular flexibility index (Phi) is 3.84. The maximum atomic E-state index is 11.8. The van der Waals surface area contributed by atoms with Crippen molar-refractivity contribution < 1.29 is 0 Å². The minimum absolute atomic E-state index is 0.0803. The van der Waals surface area contributed by atoms with Crippen molar-refractivity contribution in [1.82, 2.24) is 9.97 Å². The molecule has 2 aromatic rings. The fourth-order valence-corrected chi connectivity index (χ4v) is 2.34. The van der Waals surface area contributed by atoms with E-state index < -0.39 is 0 Å². The van der Waals surface area contributed by atoms with E-state index >= 15 is 0 Å². The molecular formula is C16H20N2O. The van der Waals surface area contributed by atoms with Crippen molar-refractivity contribution in [2.45, 2.75) is 34.1 Å². The van der Waals surface area contributed by atoms with Crippen molar-refractivity contribution in [3.63, 3.8) is 0 Å². The van der Waals surface area contributed by atoms with Gasteiger partial charge in [0.2, 0.25) is 0 Å². The van der Waals surface area contributed by atoms with E-state index in [0.717, 1.165) is 28.8 Å². The molecule has 0 aliphatic carbocycles. The maximum absolute atomic E-state index is 11.8. The summed E-state index contributed by atoms with van der Waals surface area (Å²) in [4.78, 5) is 19.3. The summed E-state index contributed by atoms with van der Waals surface area (Å²) in [5.74, 6) is 1.17. The molecule has 3 nitrogen and oxygen atoms in total. The molecule has 0 aliphatic rings. The number of aromatic nitrogens is 2. The van der Waals surface area contributed by atoms with Crippen molar-refractivity contribution in [1.29, 1.82) is 0 Å². The molecule has 0 saturated heterocycles. The monoisotopic (exact) mass is 256 g/mol. The Labute approximate surface area is 113 Å². The van der Waals surface area contributed by atoms with Crippen LogP contribution >= 0.6 is 0 Å². The maximum Gasteiger partial charge on any atom is 0.251 e. The highest BCUT2D eigenvalue weighted by Gasteiger charge is 2.10. The second-order valence-corrected chi connectivity index (χ2v) is 5.45. The molecule has 2 rings (SSSR count). The van der Waals surface area contributed by atoms with Crippen molar-refractivity contribution in [2.75, 3.05) is 0 Å². The molecule has 0 bridgehead atoms. The fourth-order valence-electron chi connectivity index (χ4n) is 2.34. The third kappa shape index (κ3) is 3.11. The van der Waals surface area contributed by atoms with Gasteiger partial charge in [-0.25, -0.2) is 4.98 Å². The highest BCUT2D eigenvalue weighted by Crippen LogP contribution is 2.23. The number of nitrogens with zero attached hydrogens (tertiary/aromatic N) is 1. The Morgan fingerprint density at radius 1 is 1.21 bits per heavy atom. The van der Waals surface area contributed by atoms with Gasteiger partial charge in [0.1, 0.15) is 5.82 Å². The zero-order chi connectivity index (χ0) is 14.0. The quantitative estimate of drug-likeness (QED) is 0.916. The Bertz CT molecular complexity index is 621. The van der Waals surface area contributed by atoms with E-state index in [0.29, 0.717) is 11.7 Å². The largest absolute Gasteiger partial charge is 0.306 e. The highest BCUT2D eigenvalue weighted by molar-refractivity contribution is 5.64. The minimum Gasteiger partial charge on any atom is -0.306 e. The number of rotatable bonds is 3. The predicted molar refractivity (Wildman–Crippen MR) is 78.3 cm³/mol. The highest BCUT2D eigenvalue weighted by atomic mass is 16.1. The predicted octanol–water partition coefficient (Wildman–Crippen LogP) is 3.25. The van der Waals surface area contributed by atoms with Gasteiger partial charge in [0.15, 0.2) is 0 Å². The van der Waals surface area contributed by atoms with Crippen molar-refractivity contribution in [2.24, 2.45) is 5.92 Å². The molecule has 1 N–H and O–H groups in total. The SMILES string of the molecule is Cc1cccc(C)c1-c1nc(CC(C)C)cc(=O)[nH]1. The zero-order valence-corrected chi connectivity index (χ0v) is 11.9. The van der Waals surface area contributed by atoms with Gasteiger partial charge in [-0.05, 0) is 37.3 Å². The molecule has 3 heteroatoms. The van der Waals surface area contributed by atoms with Crippen LogP contribution in [0.25, 0.3) is 11.4 Å². The molecule has 0 unspecified atom stereocenters. The van der Waals surface area contributed by atoms with Gasteiger partial charge >= 0.3 is 0 Å². The molecule has 1 aromatic carbocycles. The lowest BCUT2D eigenvalue weighted by atomic mass is 10.0. The lowest BCUT2D eigenvalue weighted by molar-refractivity contribution is 0.634. The summed E-state index contributed by atoms with van der Waals surface area (Å²) in [6.07, 6.45) is 0.821. The van der Waals surface area contributed by atoms with Gasteiger partial charge in [0, 0.05) is 17.3 Å². The van der Waals surface area contributed by atoms with E-state index in [9.17, 15) is 4.79 Å². The van der Waals surface area contributed by atoms with Crippen LogP contribution in [0.15, 0.2) is 29.1 Å². The molecule has 0 fully saturated rings. The first-order valence-electron chi connectivity index (χ1n) is 6.64. The number of nitrogens with one attached hydrogen (secondary N) is 1. The van der Waals surface area contributed by atoms with Crippen LogP contribution in [0.3, 0.4) is 0 Å². The summed E-state index contributed by atoms with van der Waals surface area (Å²) in [5.41, 5.74) is 4.07. The molecule has 100 valence electrons. The molecule has 0 amide bonds. The Balaban J connectivity index is 2.56. The molecule has 1 heterocycles. The number of aryl methyl sites for hydroxylation is 2. The zero-order valence-electron chi connectivity index (χ0n) is 11.9. The minimum atomic E-state index is -0.0803. The van der Waals surface area contributed by atoms with Gasteiger partial charge in [0.05, 0.1) is 0 Å². The second kappa shape index (κ2) is 5.39. The first kappa shape index (κ1) is 13.5. The summed E-state index contributed by atoms with van der Waals surface area (Å²) in [5, 5.41) is 0. The molecule has 0 saturated carbocycles. The molecule has 1 aromatic heterocycles. The Morgan fingerprint density at radius 3 is 2.42 bits per heavy atom. The van der Waals surface area contributed by atoms with E-state index in [2.05, 4.69) is 23.8 Å². The second-order valence-electron chi connectivity index (χ2n) is 5.45. The van der Waals surface area contributed by atoms with E-state index in [1.807, 2.05) is 32.0 Å². The third-order valence-electron chi connectivity index (χ3n) is 3.13. The molecular weight excluding hydrogens is 236 g/mol. The number of hydrogen-bond acceptors (Lipinski definition) is 2. The van der Waals surface area contributed by atoms with Crippen molar-refractivity contribution in [3.8, 4) is 11.4 Å².